The van der Waals surface area contributed by atoms with Crippen LogP contribution < -0.4 is 4.90 Å². The predicted octanol–water partition coefficient (Wildman–Crippen LogP) is 3.10. The SMILES string of the molecule is CC(=O)N(C(C)=O)c1c(C(=O)O)cc(I)c(I)c1I. The van der Waals surface area contributed by atoms with E-state index in [9.17, 15) is 19.5 Å². The van der Waals surface area contributed by atoms with Crippen molar-refractivity contribution < 1.29 is 19.5 Å². The molecule has 102 valence electrons. The number of benzene rings is 1. The van der Waals surface area contributed by atoms with Crippen LogP contribution in [0.25, 0.3) is 0 Å². The zero-order valence-corrected chi connectivity index (χ0v) is 16.3. The number of amides is 2. The summed E-state index contributed by atoms with van der Waals surface area (Å²) in [4.78, 5) is 35.4. The lowest BCUT2D eigenvalue weighted by Crippen LogP contribution is -2.35. The fourth-order valence-electron chi connectivity index (χ4n) is 1.50. The number of halogens is 3. The fraction of sp³-hybridized carbons (Fsp3) is 0.182. The molecule has 5 nitrogen and oxygen atoms in total. The Morgan fingerprint density at radius 3 is 1.89 bits per heavy atom. The van der Waals surface area contributed by atoms with Gasteiger partial charge in [0.2, 0.25) is 11.8 Å². The normalized spacial score (nSPS) is 10.2. The van der Waals surface area contributed by atoms with E-state index in [1.165, 1.54) is 19.9 Å². The maximum absolute atomic E-state index is 11.6. The fourth-order valence-corrected chi connectivity index (χ4v) is 3.83. The summed E-state index contributed by atoms with van der Waals surface area (Å²) in [5.74, 6) is -2.19. The number of carbonyl (C=O) groups excluding carboxylic acids is 2. The van der Waals surface area contributed by atoms with E-state index in [0.717, 1.165) is 12.0 Å². The van der Waals surface area contributed by atoms with Gasteiger partial charge in [-0.3, -0.25) is 9.59 Å². The summed E-state index contributed by atoms with van der Waals surface area (Å²) < 4.78 is 2.15. The Morgan fingerprint density at radius 2 is 1.53 bits per heavy atom. The molecule has 0 bridgehead atoms. The van der Waals surface area contributed by atoms with Crippen LogP contribution in [0.5, 0.6) is 0 Å². The molecule has 0 aliphatic carbocycles. The highest BCUT2D eigenvalue weighted by atomic mass is 127. The quantitative estimate of drug-likeness (QED) is 0.420. The molecule has 0 aliphatic rings. The van der Waals surface area contributed by atoms with E-state index in [4.69, 9.17) is 0 Å². The molecular weight excluding hydrogens is 591 g/mol. The molecule has 0 aromatic heterocycles. The van der Waals surface area contributed by atoms with E-state index in [-0.39, 0.29) is 11.3 Å². The van der Waals surface area contributed by atoms with E-state index in [2.05, 4.69) is 22.6 Å². The number of rotatable bonds is 2. The average molecular weight is 599 g/mol. The average Bonchev–Trinajstić information content (AvgIpc) is 2.28. The zero-order valence-electron chi connectivity index (χ0n) is 9.83. The van der Waals surface area contributed by atoms with Crippen molar-refractivity contribution in [3.05, 3.63) is 22.3 Å². The lowest BCUT2D eigenvalue weighted by molar-refractivity contribution is -0.124. The highest BCUT2D eigenvalue weighted by Gasteiger charge is 2.27. The van der Waals surface area contributed by atoms with Gasteiger partial charge in [-0.25, -0.2) is 9.69 Å². The minimum Gasteiger partial charge on any atom is -0.478 e. The van der Waals surface area contributed by atoms with Gasteiger partial charge in [0.25, 0.3) is 0 Å². The Balaban J connectivity index is 3.73. The van der Waals surface area contributed by atoms with Crippen LogP contribution in [0.3, 0.4) is 0 Å². The number of anilines is 1. The standard InChI is InChI=1S/C11H8I3NO4/c1-4(16)15(5(2)17)10-6(11(18)19)3-7(12)8(13)9(10)14/h3H,1-2H3,(H,18,19). The topological polar surface area (TPSA) is 74.7 Å². The third-order valence-electron chi connectivity index (χ3n) is 2.22. The summed E-state index contributed by atoms with van der Waals surface area (Å²) in [6.45, 7) is 2.46. The predicted molar refractivity (Wildman–Crippen MR) is 95.4 cm³/mol. The van der Waals surface area contributed by atoms with Crippen LogP contribution in [-0.2, 0) is 9.59 Å². The van der Waals surface area contributed by atoms with Gasteiger partial charge in [0.05, 0.1) is 14.8 Å². The number of carboxylic acids is 1. The van der Waals surface area contributed by atoms with Crippen molar-refractivity contribution >= 4 is 91.2 Å². The first kappa shape index (κ1) is 17.1. The molecule has 0 spiro atoms. The van der Waals surface area contributed by atoms with Gasteiger partial charge in [-0.2, -0.15) is 0 Å². The van der Waals surface area contributed by atoms with Crippen molar-refractivity contribution in [2.24, 2.45) is 0 Å². The molecule has 0 saturated heterocycles. The molecule has 0 radical (unpaired) electrons. The summed E-state index contributed by atoms with van der Waals surface area (Å²) in [7, 11) is 0. The number of aromatic carboxylic acids is 1. The Morgan fingerprint density at radius 1 is 1.05 bits per heavy atom. The van der Waals surface area contributed by atoms with Crippen LogP contribution in [0.15, 0.2) is 6.07 Å². The van der Waals surface area contributed by atoms with Crippen molar-refractivity contribution in [2.45, 2.75) is 13.8 Å². The highest BCUT2D eigenvalue weighted by molar-refractivity contribution is 14.1. The van der Waals surface area contributed by atoms with Gasteiger partial charge in [-0.1, -0.05) is 0 Å². The summed E-state index contributed by atoms with van der Waals surface area (Å²) in [6, 6.07) is 1.46. The second-order valence-corrected chi connectivity index (χ2v) is 6.88. The Kier molecular flexibility index (Phi) is 5.97. The van der Waals surface area contributed by atoms with Gasteiger partial charge in [0.1, 0.15) is 0 Å². The first-order valence-electron chi connectivity index (χ1n) is 4.90. The van der Waals surface area contributed by atoms with Crippen LogP contribution in [0.1, 0.15) is 24.2 Å². The molecule has 0 fully saturated rings. The maximum atomic E-state index is 11.6. The molecule has 1 aromatic carbocycles. The van der Waals surface area contributed by atoms with Crippen LogP contribution in [0.2, 0.25) is 0 Å². The molecule has 1 N–H and O–H groups in total. The van der Waals surface area contributed by atoms with Crippen LogP contribution in [-0.4, -0.2) is 22.9 Å². The first-order valence-corrected chi connectivity index (χ1v) is 8.14. The van der Waals surface area contributed by atoms with Crippen molar-refractivity contribution in [1.29, 1.82) is 0 Å². The smallest absolute Gasteiger partial charge is 0.337 e. The minimum atomic E-state index is -1.17. The Hall–Kier alpha value is 0.0200. The molecule has 19 heavy (non-hydrogen) atoms. The van der Waals surface area contributed by atoms with Gasteiger partial charge in [0, 0.05) is 21.0 Å². The van der Waals surface area contributed by atoms with E-state index >= 15 is 0 Å². The van der Waals surface area contributed by atoms with E-state index in [0.29, 0.717) is 3.57 Å². The minimum absolute atomic E-state index is 0.0559. The third-order valence-corrected chi connectivity index (χ3v) is 7.31. The summed E-state index contributed by atoms with van der Waals surface area (Å²) >= 11 is 6.03. The molecule has 0 atom stereocenters. The zero-order chi connectivity index (χ0) is 14.9. The number of carboxylic acid groups (broad SMARTS) is 1. The second-order valence-electron chi connectivity index (χ2n) is 3.56. The lowest BCUT2D eigenvalue weighted by atomic mass is 10.1. The number of imide groups is 1. The first-order chi connectivity index (χ1) is 8.68. The van der Waals surface area contributed by atoms with Gasteiger partial charge in [-0.15, -0.1) is 0 Å². The summed E-state index contributed by atoms with van der Waals surface area (Å²) in [5.41, 5.74) is 0.0810. The number of carbonyl (C=O) groups is 3. The number of hydrogen-bond acceptors (Lipinski definition) is 3. The summed E-state index contributed by atoms with van der Waals surface area (Å²) in [6.07, 6.45) is 0. The third kappa shape index (κ3) is 3.56. The summed E-state index contributed by atoms with van der Waals surface area (Å²) in [5, 5.41) is 9.26. The largest absolute Gasteiger partial charge is 0.478 e. The number of hydrogen-bond donors (Lipinski definition) is 1. The van der Waals surface area contributed by atoms with Crippen molar-refractivity contribution in [3.8, 4) is 0 Å². The van der Waals surface area contributed by atoms with E-state index < -0.39 is 17.8 Å². The molecule has 1 aromatic rings. The lowest BCUT2D eigenvalue weighted by Gasteiger charge is -2.22. The van der Waals surface area contributed by atoms with Crippen molar-refractivity contribution in [3.63, 3.8) is 0 Å². The number of nitrogens with zero attached hydrogens (tertiary/aromatic N) is 1. The molecule has 0 unspecified atom stereocenters. The molecule has 1 rings (SSSR count). The molecule has 0 saturated carbocycles. The van der Waals surface area contributed by atoms with E-state index in [1.807, 2.05) is 45.2 Å². The van der Waals surface area contributed by atoms with Gasteiger partial charge >= 0.3 is 5.97 Å². The van der Waals surface area contributed by atoms with Crippen LogP contribution in [0, 0.1) is 10.7 Å². The Bertz CT molecular complexity index is 572. The molecule has 2 amide bonds. The molecular formula is C11H8I3NO4. The maximum Gasteiger partial charge on any atom is 0.337 e. The molecule has 0 aliphatic heterocycles. The highest BCUT2D eigenvalue weighted by Crippen LogP contribution is 2.34. The monoisotopic (exact) mass is 599 g/mol. The van der Waals surface area contributed by atoms with Crippen LogP contribution >= 0.6 is 67.8 Å². The van der Waals surface area contributed by atoms with Gasteiger partial charge in [0.15, 0.2) is 0 Å². The molecule has 8 heteroatoms. The van der Waals surface area contributed by atoms with E-state index in [1.54, 1.807) is 0 Å². The van der Waals surface area contributed by atoms with Gasteiger partial charge < -0.3 is 5.11 Å². The van der Waals surface area contributed by atoms with Crippen molar-refractivity contribution in [1.82, 2.24) is 0 Å². The van der Waals surface area contributed by atoms with Crippen LogP contribution in [0.4, 0.5) is 5.69 Å². The Labute approximate surface area is 150 Å². The second kappa shape index (κ2) is 6.65. The van der Waals surface area contributed by atoms with Crippen molar-refractivity contribution in [2.75, 3.05) is 4.90 Å². The van der Waals surface area contributed by atoms with Gasteiger partial charge in [-0.05, 0) is 73.8 Å². The molecule has 0 heterocycles.